The van der Waals surface area contributed by atoms with Crippen LogP contribution in [-0.2, 0) is 11.3 Å². The van der Waals surface area contributed by atoms with Crippen LogP contribution < -0.4 is 9.80 Å². The number of nitrogens with zero attached hydrogens (tertiary/aromatic N) is 1. The van der Waals surface area contributed by atoms with Crippen LogP contribution in [0.15, 0.2) is 30.3 Å². The zero-order valence-corrected chi connectivity index (χ0v) is 16.0. The van der Waals surface area contributed by atoms with Crippen LogP contribution in [0.4, 0.5) is 0 Å². The molecule has 0 atom stereocenters. The van der Waals surface area contributed by atoms with E-state index in [-0.39, 0.29) is 5.92 Å². The molecule has 2 N–H and O–H groups in total. The molecule has 2 saturated heterocycles. The van der Waals surface area contributed by atoms with Gasteiger partial charge in [0.1, 0.15) is 6.54 Å². The summed E-state index contributed by atoms with van der Waals surface area (Å²) in [4.78, 5) is 18.3. The fourth-order valence-electron chi connectivity index (χ4n) is 4.42. The van der Waals surface area contributed by atoms with Crippen molar-refractivity contribution >= 4 is 5.91 Å². The molecule has 1 aromatic carbocycles. The molecule has 0 aliphatic carbocycles. The van der Waals surface area contributed by atoms with Crippen molar-refractivity contribution in [3.8, 4) is 0 Å². The molecular formula is C21H35N3O+2. The van der Waals surface area contributed by atoms with E-state index in [1.165, 1.54) is 25.2 Å². The molecule has 0 spiro atoms. The highest BCUT2D eigenvalue weighted by atomic mass is 16.2. The highest BCUT2D eigenvalue weighted by Gasteiger charge is 2.32. The Morgan fingerprint density at radius 3 is 2.28 bits per heavy atom. The number of hydrogen-bond donors (Lipinski definition) is 2. The van der Waals surface area contributed by atoms with Gasteiger partial charge in [0.15, 0.2) is 0 Å². The smallest absolute Gasteiger partial charge is 0.226 e. The summed E-state index contributed by atoms with van der Waals surface area (Å²) in [6.45, 7) is 13.3. The fraction of sp³-hybridized carbons (Fsp3) is 0.667. The van der Waals surface area contributed by atoms with Crippen LogP contribution >= 0.6 is 0 Å². The Kier molecular flexibility index (Phi) is 6.49. The minimum atomic E-state index is 0.284. The quantitative estimate of drug-likeness (QED) is 0.765. The van der Waals surface area contributed by atoms with Crippen LogP contribution in [0.25, 0.3) is 0 Å². The Morgan fingerprint density at radius 2 is 1.68 bits per heavy atom. The summed E-state index contributed by atoms with van der Waals surface area (Å²) in [6, 6.07) is 10.7. The Morgan fingerprint density at radius 1 is 1.04 bits per heavy atom. The van der Waals surface area contributed by atoms with E-state index in [0.29, 0.717) is 5.91 Å². The summed E-state index contributed by atoms with van der Waals surface area (Å²) in [7, 11) is 0. The van der Waals surface area contributed by atoms with Crippen LogP contribution in [0.3, 0.4) is 0 Å². The van der Waals surface area contributed by atoms with Crippen molar-refractivity contribution in [3.05, 3.63) is 35.9 Å². The summed E-state index contributed by atoms with van der Waals surface area (Å²) in [5.74, 6) is 1.47. The largest absolute Gasteiger partial charge is 0.335 e. The summed E-state index contributed by atoms with van der Waals surface area (Å²) >= 11 is 0. The number of rotatable bonds is 5. The van der Waals surface area contributed by atoms with E-state index in [0.717, 1.165) is 51.5 Å². The number of carbonyl (C=O) groups excluding carboxylic acids is 1. The molecular weight excluding hydrogens is 310 g/mol. The van der Waals surface area contributed by atoms with Gasteiger partial charge in [0.25, 0.3) is 0 Å². The van der Waals surface area contributed by atoms with Crippen molar-refractivity contribution in [2.45, 2.75) is 33.2 Å². The molecule has 2 aliphatic heterocycles. The van der Waals surface area contributed by atoms with Crippen molar-refractivity contribution in [2.75, 3.05) is 45.8 Å². The molecule has 0 bridgehead atoms. The van der Waals surface area contributed by atoms with Crippen LogP contribution in [0.2, 0.25) is 0 Å². The molecule has 0 radical (unpaired) electrons. The standard InChI is InChI=1S/C21H33N3O/c1-18(2)16-22-10-8-20(9-11-22)21(25)24-14-12-23(13-15-24)17-19-6-4-3-5-7-19/h3-7,18,20H,8-17H2,1-2H3/p+2. The molecule has 1 aromatic rings. The molecule has 2 fully saturated rings. The number of likely N-dealkylation sites (tertiary alicyclic amines) is 1. The lowest BCUT2D eigenvalue weighted by Gasteiger charge is -2.36. The van der Waals surface area contributed by atoms with Crippen molar-refractivity contribution in [1.29, 1.82) is 0 Å². The summed E-state index contributed by atoms with van der Waals surface area (Å²) in [6.07, 6.45) is 2.16. The maximum absolute atomic E-state index is 12.9. The average molecular weight is 346 g/mol. The van der Waals surface area contributed by atoms with Crippen molar-refractivity contribution in [3.63, 3.8) is 0 Å². The highest BCUT2D eigenvalue weighted by molar-refractivity contribution is 5.79. The first-order chi connectivity index (χ1) is 12.1. The number of piperazine rings is 1. The van der Waals surface area contributed by atoms with E-state index in [9.17, 15) is 4.79 Å². The Hall–Kier alpha value is -1.39. The second-order valence-corrected chi connectivity index (χ2v) is 8.36. The lowest BCUT2D eigenvalue weighted by Crippen LogP contribution is -3.14. The van der Waals surface area contributed by atoms with Gasteiger partial charge in [0.05, 0.1) is 45.8 Å². The lowest BCUT2D eigenvalue weighted by molar-refractivity contribution is -0.917. The highest BCUT2D eigenvalue weighted by Crippen LogP contribution is 2.14. The molecule has 2 aliphatic rings. The van der Waals surface area contributed by atoms with Gasteiger partial charge in [-0.1, -0.05) is 44.2 Å². The number of nitrogens with one attached hydrogen (secondary N) is 2. The zero-order chi connectivity index (χ0) is 17.6. The second-order valence-electron chi connectivity index (χ2n) is 8.36. The maximum Gasteiger partial charge on any atom is 0.226 e. The number of benzene rings is 1. The summed E-state index contributed by atoms with van der Waals surface area (Å²) in [5.41, 5.74) is 1.40. The van der Waals surface area contributed by atoms with Crippen LogP contribution in [0.5, 0.6) is 0 Å². The van der Waals surface area contributed by atoms with Gasteiger partial charge in [-0.05, 0) is 0 Å². The molecule has 4 heteroatoms. The minimum absolute atomic E-state index is 0.284. The van der Waals surface area contributed by atoms with Crippen molar-refractivity contribution in [2.24, 2.45) is 11.8 Å². The van der Waals surface area contributed by atoms with E-state index >= 15 is 0 Å². The number of quaternary nitrogens is 2. The van der Waals surface area contributed by atoms with Gasteiger partial charge in [-0.3, -0.25) is 4.79 Å². The monoisotopic (exact) mass is 345 g/mol. The number of piperidine rings is 1. The predicted octanol–water partition coefficient (Wildman–Crippen LogP) is -0.135. The van der Waals surface area contributed by atoms with Gasteiger partial charge in [0.2, 0.25) is 5.91 Å². The molecule has 0 unspecified atom stereocenters. The first kappa shape index (κ1) is 18.4. The van der Waals surface area contributed by atoms with E-state index in [1.807, 2.05) is 0 Å². The minimum Gasteiger partial charge on any atom is -0.335 e. The first-order valence-corrected chi connectivity index (χ1v) is 10.1. The van der Waals surface area contributed by atoms with Gasteiger partial charge < -0.3 is 14.7 Å². The average Bonchev–Trinajstić information content (AvgIpc) is 2.63. The normalized spacial score (nSPS) is 25.3. The van der Waals surface area contributed by atoms with Crippen LogP contribution in [-0.4, -0.2) is 56.6 Å². The Balaban J connectivity index is 1.41. The molecule has 1 amide bonds. The molecule has 2 heterocycles. The molecule has 138 valence electrons. The van der Waals surface area contributed by atoms with Gasteiger partial charge in [-0.25, -0.2) is 0 Å². The lowest BCUT2D eigenvalue weighted by atomic mass is 9.94. The van der Waals surface area contributed by atoms with Crippen LogP contribution in [0, 0.1) is 11.8 Å². The fourth-order valence-corrected chi connectivity index (χ4v) is 4.42. The van der Waals surface area contributed by atoms with E-state index < -0.39 is 0 Å². The van der Waals surface area contributed by atoms with Gasteiger partial charge in [0, 0.05) is 30.2 Å². The van der Waals surface area contributed by atoms with Crippen LogP contribution in [0.1, 0.15) is 32.3 Å². The number of amides is 1. The van der Waals surface area contributed by atoms with E-state index in [4.69, 9.17) is 0 Å². The third-order valence-corrected chi connectivity index (χ3v) is 5.82. The molecule has 25 heavy (non-hydrogen) atoms. The SMILES string of the molecule is CC(C)C[NH+]1CCC(C(=O)N2CC[NH+](Cc3ccccc3)CC2)CC1. The van der Waals surface area contributed by atoms with Gasteiger partial charge in [-0.2, -0.15) is 0 Å². The first-order valence-electron chi connectivity index (χ1n) is 10.1. The summed E-state index contributed by atoms with van der Waals surface area (Å²) < 4.78 is 0. The summed E-state index contributed by atoms with van der Waals surface area (Å²) in [5, 5.41) is 0. The zero-order valence-electron chi connectivity index (χ0n) is 16.0. The maximum atomic E-state index is 12.9. The third kappa shape index (κ3) is 5.29. The molecule has 4 nitrogen and oxygen atoms in total. The van der Waals surface area contributed by atoms with Crippen molar-refractivity contribution < 1.29 is 14.6 Å². The molecule has 0 saturated carbocycles. The van der Waals surface area contributed by atoms with E-state index in [2.05, 4.69) is 49.1 Å². The van der Waals surface area contributed by atoms with E-state index in [1.54, 1.807) is 9.80 Å². The Bertz CT molecular complexity index is 529. The van der Waals surface area contributed by atoms with Gasteiger partial charge in [-0.15, -0.1) is 0 Å². The number of hydrogen-bond acceptors (Lipinski definition) is 1. The van der Waals surface area contributed by atoms with Gasteiger partial charge >= 0.3 is 0 Å². The third-order valence-electron chi connectivity index (χ3n) is 5.82. The topological polar surface area (TPSA) is 29.2 Å². The second kappa shape index (κ2) is 8.81. The van der Waals surface area contributed by atoms with Crippen molar-refractivity contribution in [1.82, 2.24) is 4.90 Å². The molecule has 3 rings (SSSR count). The number of carbonyl (C=O) groups is 1. The molecule has 0 aromatic heterocycles. The Labute approximate surface area is 152 Å². The predicted molar refractivity (Wildman–Crippen MR) is 101 cm³/mol.